The van der Waals surface area contributed by atoms with E-state index in [1.165, 1.54) is 0 Å². The summed E-state index contributed by atoms with van der Waals surface area (Å²) in [7, 11) is 1.64. The molecule has 7 nitrogen and oxygen atoms in total. The first-order chi connectivity index (χ1) is 11.5. The molecule has 0 saturated carbocycles. The molecule has 1 aromatic carbocycles. The van der Waals surface area contributed by atoms with Crippen molar-refractivity contribution in [1.82, 2.24) is 19.9 Å². The van der Waals surface area contributed by atoms with Crippen LogP contribution in [0, 0.1) is 0 Å². The summed E-state index contributed by atoms with van der Waals surface area (Å²) in [4.78, 5) is 14.9. The van der Waals surface area contributed by atoms with Crippen molar-refractivity contribution in [2.75, 3.05) is 26.8 Å². The quantitative estimate of drug-likeness (QED) is 0.850. The lowest BCUT2D eigenvalue weighted by atomic mass is 10.0. The van der Waals surface area contributed by atoms with Crippen molar-refractivity contribution in [2.45, 2.75) is 25.6 Å². The number of ether oxygens (including phenoxy) is 2. The van der Waals surface area contributed by atoms with Crippen LogP contribution in [-0.4, -0.2) is 64.3 Å². The maximum Gasteiger partial charge on any atom is 0.256 e. The Bertz CT molecular complexity index is 700. The molecule has 1 amide bonds. The van der Waals surface area contributed by atoms with E-state index in [2.05, 4.69) is 10.3 Å². The molecule has 0 aliphatic carbocycles. The Morgan fingerprint density at radius 2 is 2.21 bits per heavy atom. The largest absolute Gasteiger partial charge is 0.382 e. The minimum absolute atomic E-state index is 0.0430. The standard InChI is InChI=1S/C17H22N4O3/c1-17(2)12-20(10-13(24-17)11-23-3)16(22)14-6-4-5-7-15(14)21-9-8-18-19-21/h4-9,13H,10-12H2,1-3H3. The first kappa shape index (κ1) is 16.6. The lowest BCUT2D eigenvalue weighted by Gasteiger charge is -2.42. The fraction of sp³-hybridized carbons (Fsp3) is 0.471. The van der Waals surface area contributed by atoms with E-state index in [0.29, 0.717) is 30.9 Å². The van der Waals surface area contributed by atoms with E-state index in [-0.39, 0.29) is 12.0 Å². The number of hydrogen-bond acceptors (Lipinski definition) is 5. The molecule has 1 aliphatic heterocycles. The molecule has 24 heavy (non-hydrogen) atoms. The smallest absolute Gasteiger partial charge is 0.256 e. The predicted octanol–water partition coefficient (Wildman–Crippen LogP) is 1.53. The van der Waals surface area contributed by atoms with Crippen molar-refractivity contribution >= 4 is 5.91 Å². The van der Waals surface area contributed by atoms with E-state index in [9.17, 15) is 4.79 Å². The number of morpholine rings is 1. The average Bonchev–Trinajstić information content (AvgIpc) is 3.07. The zero-order chi connectivity index (χ0) is 17.2. The maximum absolute atomic E-state index is 13.1. The third-order valence-corrected chi connectivity index (χ3v) is 3.92. The van der Waals surface area contributed by atoms with E-state index < -0.39 is 5.60 Å². The van der Waals surface area contributed by atoms with Gasteiger partial charge in [0.2, 0.25) is 0 Å². The Morgan fingerprint density at radius 1 is 1.42 bits per heavy atom. The van der Waals surface area contributed by atoms with E-state index in [4.69, 9.17) is 9.47 Å². The van der Waals surface area contributed by atoms with Crippen LogP contribution >= 0.6 is 0 Å². The summed E-state index contributed by atoms with van der Waals surface area (Å²) in [6, 6.07) is 7.41. The molecule has 7 heteroatoms. The fourth-order valence-electron chi connectivity index (χ4n) is 3.08. The van der Waals surface area contributed by atoms with E-state index in [1.807, 2.05) is 43.0 Å². The molecule has 2 heterocycles. The number of hydrogen-bond donors (Lipinski definition) is 0. The SMILES string of the molecule is COCC1CN(C(=O)c2ccccc2-n2ccnn2)CC(C)(C)O1. The van der Waals surface area contributed by atoms with Gasteiger partial charge < -0.3 is 14.4 Å². The Hall–Kier alpha value is -2.25. The maximum atomic E-state index is 13.1. The summed E-state index contributed by atoms with van der Waals surface area (Å²) in [6.07, 6.45) is 3.18. The number of methoxy groups -OCH3 is 1. The van der Waals surface area contributed by atoms with Crippen molar-refractivity contribution < 1.29 is 14.3 Å². The van der Waals surface area contributed by atoms with Gasteiger partial charge in [0.1, 0.15) is 0 Å². The van der Waals surface area contributed by atoms with Gasteiger partial charge in [0.15, 0.2) is 0 Å². The number of para-hydroxylation sites is 1. The molecule has 0 spiro atoms. The van der Waals surface area contributed by atoms with Gasteiger partial charge in [-0.3, -0.25) is 4.79 Å². The van der Waals surface area contributed by atoms with Gasteiger partial charge in [0.05, 0.1) is 42.0 Å². The molecule has 1 atom stereocenters. The Balaban J connectivity index is 1.89. The molecule has 1 aliphatic rings. The summed E-state index contributed by atoms with van der Waals surface area (Å²) < 4.78 is 12.8. The van der Waals surface area contributed by atoms with Gasteiger partial charge in [-0.2, -0.15) is 0 Å². The van der Waals surface area contributed by atoms with Crippen LogP contribution in [0.15, 0.2) is 36.7 Å². The number of amides is 1. The van der Waals surface area contributed by atoms with Crippen molar-refractivity contribution in [3.63, 3.8) is 0 Å². The summed E-state index contributed by atoms with van der Waals surface area (Å²) >= 11 is 0. The summed E-state index contributed by atoms with van der Waals surface area (Å²) in [5.41, 5.74) is 0.892. The third kappa shape index (κ3) is 3.47. The van der Waals surface area contributed by atoms with Crippen LogP contribution in [-0.2, 0) is 9.47 Å². The van der Waals surface area contributed by atoms with Gasteiger partial charge in [-0.05, 0) is 26.0 Å². The van der Waals surface area contributed by atoms with Crippen LogP contribution < -0.4 is 0 Å². The number of carbonyl (C=O) groups is 1. The highest BCUT2D eigenvalue weighted by Crippen LogP contribution is 2.24. The van der Waals surface area contributed by atoms with Crippen LogP contribution in [0.2, 0.25) is 0 Å². The van der Waals surface area contributed by atoms with Gasteiger partial charge in [0.25, 0.3) is 5.91 Å². The average molecular weight is 330 g/mol. The van der Waals surface area contributed by atoms with Crippen molar-refractivity contribution in [3.05, 3.63) is 42.2 Å². The summed E-state index contributed by atoms with van der Waals surface area (Å²) in [6.45, 7) is 5.45. The van der Waals surface area contributed by atoms with Gasteiger partial charge in [-0.1, -0.05) is 17.3 Å². The number of rotatable bonds is 4. The van der Waals surface area contributed by atoms with Crippen molar-refractivity contribution in [3.8, 4) is 5.69 Å². The number of benzene rings is 1. The van der Waals surface area contributed by atoms with Crippen molar-refractivity contribution in [1.29, 1.82) is 0 Å². The van der Waals surface area contributed by atoms with Crippen LogP contribution in [0.5, 0.6) is 0 Å². The van der Waals surface area contributed by atoms with Gasteiger partial charge in [0, 0.05) is 20.2 Å². The molecule has 0 radical (unpaired) electrons. The fourth-order valence-corrected chi connectivity index (χ4v) is 3.08. The molecule has 0 bridgehead atoms. The van der Waals surface area contributed by atoms with Crippen LogP contribution in [0.4, 0.5) is 0 Å². The zero-order valence-electron chi connectivity index (χ0n) is 14.2. The first-order valence-corrected chi connectivity index (χ1v) is 7.92. The molecule has 1 unspecified atom stereocenters. The summed E-state index contributed by atoms with van der Waals surface area (Å²) in [5.74, 6) is -0.0430. The second kappa shape index (κ2) is 6.70. The van der Waals surface area contributed by atoms with Gasteiger partial charge in [-0.25, -0.2) is 4.68 Å². The predicted molar refractivity (Wildman–Crippen MR) is 88.1 cm³/mol. The molecular weight excluding hydrogens is 308 g/mol. The molecule has 0 N–H and O–H groups in total. The minimum atomic E-state index is -0.417. The second-order valence-electron chi connectivity index (χ2n) is 6.51. The van der Waals surface area contributed by atoms with Gasteiger partial charge >= 0.3 is 0 Å². The lowest BCUT2D eigenvalue weighted by molar-refractivity contribution is -0.143. The summed E-state index contributed by atoms with van der Waals surface area (Å²) in [5, 5.41) is 7.82. The monoisotopic (exact) mass is 330 g/mol. The van der Waals surface area contributed by atoms with E-state index >= 15 is 0 Å². The zero-order valence-corrected chi connectivity index (χ0v) is 14.2. The molecule has 3 rings (SSSR count). The Labute approximate surface area is 141 Å². The lowest BCUT2D eigenvalue weighted by Crippen LogP contribution is -2.55. The molecule has 2 aromatic rings. The normalized spacial score (nSPS) is 20.1. The molecule has 1 fully saturated rings. The topological polar surface area (TPSA) is 69.5 Å². The molecule has 128 valence electrons. The first-order valence-electron chi connectivity index (χ1n) is 7.92. The van der Waals surface area contributed by atoms with Gasteiger partial charge in [-0.15, -0.1) is 5.10 Å². The number of carbonyl (C=O) groups excluding carboxylic acids is 1. The van der Waals surface area contributed by atoms with Crippen LogP contribution in [0.1, 0.15) is 24.2 Å². The highest BCUT2D eigenvalue weighted by atomic mass is 16.5. The van der Waals surface area contributed by atoms with Crippen LogP contribution in [0.3, 0.4) is 0 Å². The Morgan fingerprint density at radius 3 is 2.92 bits per heavy atom. The highest BCUT2D eigenvalue weighted by Gasteiger charge is 2.36. The minimum Gasteiger partial charge on any atom is -0.382 e. The van der Waals surface area contributed by atoms with E-state index in [0.717, 1.165) is 0 Å². The van der Waals surface area contributed by atoms with Crippen LogP contribution in [0.25, 0.3) is 5.69 Å². The van der Waals surface area contributed by atoms with E-state index in [1.54, 1.807) is 24.2 Å². The molecule has 1 aromatic heterocycles. The third-order valence-electron chi connectivity index (χ3n) is 3.92. The number of aromatic nitrogens is 3. The molecule has 1 saturated heterocycles. The molecular formula is C17H22N4O3. The number of nitrogens with zero attached hydrogens (tertiary/aromatic N) is 4. The Kier molecular flexibility index (Phi) is 4.64. The highest BCUT2D eigenvalue weighted by molar-refractivity contribution is 5.97. The second-order valence-corrected chi connectivity index (χ2v) is 6.51. The van der Waals surface area contributed by atoms with Crippen molar-refractivity contribution in [2.24, 2.45) is 0 Å².